The van der Waals surface area contributed by atoms with Crippen molar-refractivity contribution in [3.8, 4) is 0 Å². The minimum Gasteiger partial charge on any atom is -0.392 e. The first-order chi connectivity index (χ1) is 14.8. The van der Waals surface area contributed by atoms with Crippen molar-refractivity contribution in [1.29, 1.82) is 0 Å². The molecule has 6 heteroatoms. The van der Waals surface area contributed by atoms with E-state index in [1.54, 1.807) is 0 Å². The van der Waals surface area contributed by atoms with Crippen molar-refractivity contribution in [3.63, 3.8) is 0 Å². The molecule has 2 aromatic heterocycles. The molecule has 0 aliphatic heterocycles. The van der Waals surface area contributed by atoms with E-state index in [1.807, 2.05) is 54.1 Å². The van der Waals surface area contributed by atoms with Gasteiger partial charge in [0.05, 0.1) is 12.5 Å². The zero-order chi connectivity index (χ0) is 21.0. The molecule has 4 rings (SSSR count). The van der Waals surface area contributed by atoms with Gasteiger partial charge in [0.2, 0.25) is 0 Å². The van der Waals surface area contributed by atoms with Gasteiger partial charge in [-0.3, -0.25) is 0 Å². The van der Waals surface area contributed by atoms with Gasteiger partial charge >= 0.3 is 0 Å². The Morgan fingerprint density at radius 2 is 1.23 bits per heavy atom. The molecule has 0 bridgehead atoms. The summed E-state index contributed by atoms with van der Waals surface area (Å²) in [5, 5.41) is 12.8. The van der Waals surface area contributed by atoms with Crippen LogP contribution in [0.15, 0.2) is 46.7 Å². The van der Waals surface area contributed by atoms with Gasteiger partial charge in [0.25, 0.3) is 0 Å². The Balaban J connectivity index is 0.000000171. The third kappa shape index (κ3) is 7.74. The lowest BCUT2D eigenvalue weighted by Crippen LogP contribution is -2.08. The Bertz CT molecular complexity index is 686. The number of aliphatic hydroxyl groups excluding tert-OH is 1. The molecule has 0 aromatic carbocycles. The highest BCUT2D eigenvalue weighted by Crippen LogP contribution is 2.35. The number of aliphatic hydroxyl groups is 1. The molecule has 2 heterocycles. The van der Waals surface area contributed by atoms with Crippen LogP contribution in [0.1, 0.15) is 75.3 Å². The van der Waals surface area contributed by atoms with Crippen LogP contribution in [0, 0.1) is 0 Å². The molecule has 30 heavy (non-hydrogen) atoms. The number of aromatic nitrogens is 2. The number of rotatable bonds is 6. The van der Waals surface area contributed by atoms with E-state index in [-0.39, 0.29) is 6.61 Å². The molecule has 0 amide bonds. The molecular weight excluding hydrogens is 432 g/mol. The summed E-state index contributed by atoms with van der Waals surface area (Å²) < 4.78 is 0. The quantitative estimate of drug-likeness (QED) is 0.456. The first kappa shape index (κ1) is 23.9. The van der Waals surface area contributed by atoms with Crippen molar-refractivity contribution in [2.24, 2.45) is 0 Å². The lowest BCUT2D eigenvalue weighted by Gasteiger charge is -2.21. The molecular formula is C24H33ClN2OS2. The molecule has 1 N–H and O–H groups in total. The van der Waals surface area contributed by atoms with Gasteiger partial charge in [0.15, 0.2) is 0 Å². The lowest BCUT2D eigenvalue weighted by atomic mass is 10.0. The minimum absolute atomic E-state index is 0.100. The van der Waals surface area contributed by atoms with Gasteiger partial charge in [-0.25, -0.2) is 9.97 Å². The largest absolute Gasteiger partial charge is 0.392 e. The average molecular weight is 465 g/mol. The number of pyridine rings is 2. The number of hydrogen-bond acceptors (Lipinski definition) is 5. The second-order valence-electron chi connectivity index (χ2n) is 7.98. The van der Waals surface area contributed by atoms with Crippen molar-refractivity contribution < 1.29 is 5.11 Å². The van der Waals surface area contributed by atoms with E-state index >= 15 is 0 Å². The Morgan fingerprint density at radius 3 is 1.70 bits per heavy atom. The van der Waals surface area contributed by atoms with Crippen LogP contribution in [-0.4, -0.2) is 25.6 Å². The first-order valence-electron chi connectivity index (χ1n) is 11.2. The number of hydrogen-bond donors (Lipinski definition) is 1. The highest BCUT2D eigenvalue weighted by molar-refractivity contribution is 8.00. The van der Waals surface area contributed by atoms with Gasteiger partial charge in [-0.15, -0.1) is 35.1 Å². The predicted octanol–water partition coefficient (Wildman–Crippen LogP) is 7.24. The summed E-state index contributed by atoms with van der Waals surface area (Å²) >= 11 is 9.66. The van der Waals surface area contributed by atoms with Crippen LogP contribution in [0.25, 0.3) is 0 Å². The van der Waals surface area contributed by atoms with Crippen LogP contribution < -0.4 is 0 Å². The first-order valence-corrected chi connectivity index (χ1v) is 13.5. The average Bonchev–Trinajstić information content (AvgIpc) is 2.82. The van der Waals surface area contributed by atoms with Gasteiger partial charge < -0.3 is 5.11 Å². The molecule has 2 fully saturated rings. The van der Waals surface area contributed by atoms with Gasteiger partial charge in [0.1, 0.15) is 10.1 Å². The summed E-state index contributed by atoms with van der Waals surface area (Å²) in [5.74, 6) is 0.572. The number of nitrogens with zero attached hydrogens (tertiary/aromatic N) is 2. The van der Waals surface area contributed by atoms with Crippen molar-refractivity contribution in [3.05, 3.63) is 47.8 Å². The lowest BCUT2D eigenvalue weighted by molar-refractivity contribution is 0.278. The van der Waals surface area contributed by atoms with Crippen molar-refractivity contribution >= 4 is 35.1 Å². The molecule has 0 saturated heterocycles. The molecule has 2 saturated carbocycles. The van der Waals surface area contributed by atoms with E-state index in [2.05, 4.69) is 16.0 Å². The number of thioether (sulfide) groups is 2. The fourth-order valence-electron chi connectivity index (χ4n) is 3.96. The van der Waals surface area contributed by atoms with Gasteiger partial charge in [-0.2, -0.15) is 0 Å². The van der Waals surface area contributed by atoms with Crippen molar-refractivity contribution in [1.82, 2.24) is 9.97 Å². The van der Waals surface area contributed by atoms with Gasteiger partial charge in [0, 0.05) is 28.5 Å². The van der Waals surface area contributed by atoms with Crippen LogP contribution in [-0.2, 0) is 12.5 Å². The van der Waals surface area contributed by atoms with Crippen LogP contribution in [0.4, 0.5) is 0 Å². The zero-order valence-corrected chi connectivity index (χ0v) is 20.0. The summed E-state index contributed by atoms with van der Waals surface area (Å²) in [6.45, 7) is 0.100. The summed E-state index contributed by atoms with van der Waals surface area (Å²) in [6, 6.07) is 7.88. The monoisotopic (exact) mass is 464 g/mol. The molecule has 2 aliphatic carbocycles. The standard InChI is InChI=1S/C12H16ClNS.C12H17NOS/c13-9-10-5-4-8-14-12(10)15-11-6-2-1-3-7-11;14-9-10-5-4-8-13-12(10)15-11-6-2-1-3-7-11/h4-5,8,11H,1-3,6-7,9H2;4-5,8,11,14H,1-3,6-7,9H2. The highest BCUT2D eigenvalue weighted by Gasteiger charge is 2.17. The fourth-order valence-corrected chi connectivity index (χ4v) is 6.85. The molecule has 2 aromatic rings. The van der Waals surface area contributed by atoms with Crippen LogP contribution >= 0.6 is 35.1 Å². The molecule has 0 radical (unpaired) electrons. The van der Waals surface area contributed by atoms with E-state index in [9.17, 15) is 5.11 Å². The third-order valence-electron chi connectivity index (χ3n) is 5.68. The normalized spacial score (nSPS) is 17.9. The fraction of sp³-hybridized carbons (Fsp3) is 0.583. The van der Waals surface area contributed by atoms with Crippen molar-refractivity contribution in [2.75, 3.05) is 0 Å². The van der Waals surface area contributed by atoms with E-state index in [0.29, 0.717) is 11.1 Å². The minimum atomic E-state index is 0.100. The Morgan fingerprint density at radius 1 is 0.767 bits per heavy atom. The molecule has 0 unspecified atom stereocenters. The maximum atomic E-state index is 9.19. The summed E-state index contributed by atoms with van der Waals surface area (Å²) in [7, 11) is 0. The molecule has 3 nitrogen and oxygen atoms in total. The molecule has 2 aliphatic rings. The molecule has 0 atom stereocenters. The second kappa shape index (κ2) is 13.6. The Kier molecular flexibility index (Phi) is 10.8. The van der Waals surface area contributed by atoms with Gasteiger partial charge in [-0.1, -0.05) is 50.7 Å². The van der Waals surface area contributed by atoms with Crippen LogP contribution in [0.5, 0.6) is 0 Å². The number of halogens is 1. The summed E-state index contributed by atoms with van der Waals surface area (Å²) in [4.78, 5) is 8.77. The van der Waals surface area contributed by atoms with E-state index in [0.717, 1.165) is 20.9 Å². The molecule has 164 valence electrons. The Hall–Kier alpha value is -0.750. The second-order valence-corrected chi connectivity index (χ2v) is 10.8. The van der Waals surface area contributed by atoms with Crippen molar-refractivity contribution in [2.45, 2.75) is 97.2 Å². The number of alkyl halides is 1. The van der Waals surface area contributed by atoms with Crippen LogP contribution in [0.2, 0.25) is 0 Å². The third-order valence-corrected chi connectivity index (χ3v) is 8.75. The topological polar surface area (TPSA) is 46.0 Å². The molecule has 0 spiro atoms. The SMILES string of the molecule is ClCc1cccnc1SC1CCCCC1.OCc1cccnc1SC1CCCCC1. The smallest absolute Gasteiger partial charge is 0.102 e. The highest BCUT2D eigenvalue weighted by atomic mass is 35.5. The van der Waals surface area contributed by atoms with Gasteiger partial charge in [-0.05, 0) is 43.4 Å². The zero-order valence-electron chi connectivity index (χ0n) is 17.6. The summed E-state index contributed by atoms with van der Waals surface area (Å²) in [5.41, 5.74) is 2.14. The predicted molar refractivity (Wildman–Crippen MR) is 129 cm³/mol. The van der Waals surface area contributed by atoms with E-state index in [4.69, 9.17) is 11.6 Å². The van der Waals surface area contributed by atoms with E-state index < -0.39 is 0 Å². The summed E-state index contributed by atoms with van der Waals surface area (Å²) in [6.07, 6.45) is 17.2. The van der Waals surface area contributed by atoms with E-state index in [1.165, 1.54) is 69.8 Å². The van der Waals surface area contributed by atoms with Crippen LogP contribution in [0.3, 0.4) is 0 Å². The Labute approximate surface area is 194 Å². The maximum Gasteiger partial charge on any atom is 0.102 e. The maximum absolute atomic E-state index is 9.19.